The maximum Gasteiger partial charge on any atom is 0.406 e. The fourth-order valence-electron chi connectivity index (χ4n) is 4.65. The standard InChI is InChI=1S/C28H31F3N4O4S/c1-34-12-8-20(9-13-34)27(36)33-23-15-19(16-25-22(23)10-14-35(25)18-28(29,30)31)5-4-11-32-24-17-21(40(3,37)38)6-7-26(24)39-2/h6-7,10,14-17,20,32H,8-9,11-13,18H2,1-3H3,(H,33,36). The van der Waals surface area contributed by atoms with Gasteiger partial charge in [-0.15, -0.1) is 0 Å². The molecule has 1 fully saturated rings. The number of hydrogen-bond donors (Lipinski definition) is 2. The van der Waals surface area contributed by atoms with E-state index in [0.717, 1.165) is 23.9 Å². The minimum Gasteiger partial charge on any atom is -0.495 e. The lowest BCUT2D eigenvalue weighted by atomic mass is 9.96. The Labute approximate surface area is 231 Å². The Hall–Kier alpha value is -3.69. The summed E-state index contributed by atoms with van der Waals surface area (Å²) in [5.74, 6) is 5.95. The molecule has 1 aromatic heterocycles. The number of benzene rings is 2. The summed E-state index contributed by atoms with van der Waals surface area (Å²) in [6, 6.07) is 9.20. The molecule has 12 heteroatoms. The molecule has 0 radical (unpaired) electrons. The van der Waals surface area contributed by atoms with Crippen LogP contribution < -0.4 is 15.4 Å². The van der Waals surface area contributed by atoms with Crippen molar-refractivity contribution in [3.05, 3.63) is 48.2 Å². The maximum absolute atomic E-state index is 13.2. The lowest BCUT2D eigenvalue weighted by molar-refractivity contribution is -0.139. The second kappa shape index (κ2) is 11.8. The number of methoxy groups -OCH3 is 1. The Balaban J connectivity index is 1.61. The number of amides is 1. The zero-order valence-electron chi connectivity index (χ0n) is 22.4. The molecule has 0 aliphatic carbocycles. The molecular formula is C28H31F3N4O4S. The highest BCUT2D eigenvalue weighted by Crippen LogP contribution is 2.31. The van der Waals surface area contributed by atoms with Gasteiger partial charge in [0.05, 0.1) is 35.4 Å². The number of anilines is 2. The number of carbonyl (C=O) groups excluding carboxylic acids is 1. The highest BCUT2D eigenvalue weighted by molar-refractivity contribution is 7.90. The predicted octanol–water partition coefficient (Wildman–Crippen LogP) is 4.36. The van der Waals surface area contributed by atoms with Gasteiger partial charge in [0, 0.05) is 29.3 Å². The number of nitrogens with zero attached hydrogens (tertiary/aromatic N) is 2. The smallest absolute Gasteiger partial charge is 0.406 e. The molecule has 0 spiro atoms. The predicted molar refractivity (Wildman–Crippen MR) is 148 cm³/mol. The van der Waals surface area contributed by atoms with Crippen LogP contribution in [0.25, 0.3) is 10.9 Å². The fraction of sp³-hybridized carbons (Fsp3) is 0.393. The monoisotopic (exact) mass is 576 g/mol. The number of alkyl halides is 3. The quantitative estimate of drug-likeness (QED) is 0.406. The van der Waals surface area contributed by atoms with Gasteiger partial charge in [0.2, 0.25) is 5.91 Å². The molecular weight excluding hydrogens is 545 g/mol. The Kier molecular flexibility index (Phi) is 8.65. The summed E-state index contributed by atoms with van der Waals surface area (Å²) in [5.41, 5.74) is 1.56. The topological polar surface area (TPSA) is 92.7 Å². The van der Waals surface area contributed by atoms with Crippen LogP contribution in [0.1, 0.15) is 18.4 Å². The van der Waals surface area contributed by atoms with Crippen molar-refractivity contribution in [3.8, 4) is 17.6 Å². The van der Waals surface area contributed by atoms with Crippen LogP contribution in [0.4, 0.5) is 24.5 Å². The summed E-state index contributed by atoms with van der Waals surface area (Å²) in [7, 11) is 0.0209. The molecule has 0 atom stereocenters. The molecule has 0 unspecified atom stereocenters. The van der Waals surface area contributed by atoms with Crippen LogP contribution in [-0.4, -0.2) is 70.0 Å². The number of fused-ring (bicyclic) bond motifs is 1. The zero-order valence-corrected chi connectivity index (χ0v) is 23.2. The van der Waals surface area contributed by atoms with Gasteiger partial charge in [-0.2, -0.15) is 13.2 Å². The molecule has 1 amide bonds. The van der Waals surface area contributed by atoms with Crippen molar-refractivity contribution in [1.82, 2.24) is 9.47 Å². The SMILES string of the molecule is COc1ccc(S(C)(=O)=O)cc1NCC#Cc1cc(NC(=O)C2CCN(C)CC2)c2ccn(CC(F)(F)F)c2c1. The summed E-state index contributed by atoms with van der Waals surface area (Å²) in [6.07, 6.45) is -0.560. The molecule has 1 aliphatic rings. The average molecular weight is 577 g/mol. The first kappa shape index (κ1) is 29.3. The van der Waals surface area contributed by atoms with E-state index < -0.39 is 22.6 Å². The van der Waals surface area contributed by atoms with Crippen LogP contribution in [0.3, 0.4) is 0 Å². The molecule has 1 saturated heterocycles. The van der Waals surface area contributed by atoms with Crippen molar-refractivity contribution in [2.45, 2.75) is 30.5 Å². The molecule has 40 heavy (non-hydrogen) atoms. The number of halogens is 3. The molecule has 2 N–H and O–H groups in total. The van der Waals surface area contributed by atoms with Crippen molar-refractivity contribution in [2.75, 3.05) is 50.7 Å². The van der Waals surface area contributed by atoms with Crippen molar-refractivity contribution in [3.63, 3.8) is 0 Å². The van der Waals surface area contributed by atoms with E-state index in [1.807, 2.05) is 7.05 Å². The van der Waals surface area contributed by atoms with E-state index >= 15 is 0 Å². The van der Waals surface area contributed by atoms with E-state index in [9.17, 15) is 26.4 Å². The van der Waals surface area contributed by atoms with Gasteiger partial charge in [-0.1, -0.05) is 11.8 Å². The van der Waals surface area contributed by atoms with Gasteiger partial charge in [-0.05, 0) is 69.4 Å². The molecule has 0 bridgehead atoms. The van der Waals surface area contributed by atoms with Gasteiger partial charge in [0.25, 0.3) is 0 Å². The molecule has 2 aromatic carbocycles. The first-order chi connectivity index (χ1) is 18.8. The van der Waals surface area contributed by atoms with Gasteiger partial charge >= 0.3 is 6.18 Å². The van der Waals surface area contributed by atoms with Crippen LogP contribution in [0.5, 0.6) is 5.75 Å². The number of piperidine rings is 1. The van der Waals surface area contributed by atoms with Crippen molar-refractivity contribution in [2.24, 2.45) is 5.92 Å². The van der Waals surface area contributed by atoms with Crippen molar-refractivity contribution < 1.29 is 31.1 Å². The van der Waals surface area contributed by atoms with Gasteiger partial charge in [-0.3, -0.25) is 4.79 Å². The normalized spacial score (nSPS) is 14.9. The van der Waals surface area contributed by atoms with Crippen LogP contribution in [-0.2, 0) is 21.2 Å². The minimum absolute atomic E-state index is 0.0997. The Morgan fingerprint density at radius 2 is 1.85 bits per heavy atom. The summed E-state index contributed by atoms with van der Waals surface area (Å²) in [5, 5.41) is 6.45. The lowest BCUT2D eigenvalue weighted by Gasteiger charge is -2.28. The van der Waals surface area contributed by atoms with E-state index in [-0.39, 0.29) is 23.3 Å². The summed E-state index contributed by atoms with van der Waals surface area (Å²) < 4.78 is 69.9. The van der Waals surface area contributed by atoms with Crippen molar-refractivity contribution in [1.29, 1.82) is 0 Å². The highest BCUT2D eigenvalue weighted by atomic mass is 32.2. The Bertz CT molecular complexity index is 1560. The maximum atomic E-state index is 13.2. The average Bonchev–Trinajstić information content (AvgIpc) is 3.27. The van der Waals surface area contributed by atoms with Crippen molar-refractivity contribution >= 4 is 38.0 Å². The minimum atomic E-state index is -4.42. The number of ether oxygens (including phenoxy) is 1. The van der Waals surface area contributed by atoms with E-state index in [0.29, 0.717) is 46.4 Å². The molecule has 2 heterocycles. The summed E-state index contributed by atoms with van der Waals surface area (Å²) in [4.78, 5) is 15.3. The number of likely N-dealkylation sites (tertiary alicyclic amines) is 1. The molecule has 3 aromatic rings. The first-order valence-corrected chi connectivity index (χ1v) is 14.5. The van der Waals surface area contributed by atoms with E-state index in [1.165, 1.54) is 31.5 Å². The second-order valence-electron chi connectivity index (χ2n) is 9.87. The summed E-state index contributed by atoms with van der Waals surface area (Å²) in [6.45, 7) is 0.522. The van der Waals surface area contributed by atoms with E-state index in [2.05, 4.69) is 27.4 Å². The first-order valence-electron chi connectivity index (χ1n) is 12.6. The van der Waals surface area contributed by atoms with Crippen LogP contribution in [0, 0.1) is 17.8 Å². The highest BCUT2D eigenvalue weighted by Gasteiger charge is 2.29. The number of sulfone groups is 1. The number of nitrogens with one attached hydrogen (secondary N) is 2. The van der Waals surface area contributed by atoms with Gasteiger partial charge in [-0.25, -0.2) is 8.42 Å². The Morgan fingerprint density at radius 3 is 2.50 bits per heavy atom. The van der Waals surface area contributed by atoms with Crippen LogP contribution >= 0.6 is 0 Å². The van der Waals surface area contributed by atoms with Crippen LogP contribution in [0.2, 0.25) is 0 Å². The van der Waals surface area contributed by atoms with E-state index in [1.54, 1.807) is 18.2 Å². The third-order valence-corrected chi connectivity index (χ3v) is 7.89. The number of hydrogen-bond acceptors (Lipinski definition) is 6. The Morgan fingerprint density at radius 1 is 1.12 bits per heavy atom. The second-order valence-corrected chi connectivity index (χ2v) is 11.9. The zero-order chi connectivity index (χ0) is 29.1. The summed E-state index contributed by atoms with van der Waals surface area (Å²) >= 11 is 0. The van der Waals surface area contributed by atoms with E-state index in [4.69, 9.17) is 4.74 Å². The number of aromatic nitrogens is 1. The fourth-order valence-corrected chi connectivity index (χ4v) is 5.30. The number of rotatable bonds is 7. The number of carbonyl (C=O) groups is 1. The van der Waals surface area contributed by atoms with Gasteiger partial charge < -0.3 is 24.8 Å². The third kappa shape index (κ3) is 7.28. The molecule has 214 valence electrons. The molecule has 4 rings (SSSR count). The van der Waals surface area contributed by atoms with Gasteiger partial charge in [0.1, 0.15) is 12.3 Å². The molecule has 8 nitrogen and oxygen atoms in total. The largest absolute Gasteiger partial charge is 0.495 e. The van der Waals surface area contributed by atoms with Crippen LogP contribution in [0.15, 0.2) is 47.5 Å². The van der Waals surface area contributed by atoms with Gasteiger partial charge in [0.15, 0.2) is 9.84 Å². The molecule has 0 saturated carbocycles. The lowest BCUT2D eigenvalue weighted by Crippen LogP contribution is -2.35. The third-order valence-electron chi connectivity index (χ3n) is 6.78. The molecule has 1 aliphatic heterocycles.